The lowest BCUT2D eigenvalue weighted by Gasteiger charge is -2.33. The summed E-state index contributed by atoms with van der Waals surface area (Å²) in [6.07, 6.45) is 0. The standard InChI is InChI=1S/C16H23N3O2/c1-14(20)19(12-15-6-4-3-5-7-15)13-16(21)18-10-8-17(2)9-11-18/h3-7H,8-13H2,1-2H3. The Morgan fingerprint density at radius 1 is 1.10 bits per heavy atom. The van der Waals surface area contributed by atoms with Crippen LogP contribution < -0.4 is 0 Å². The fourth-order valence-corrected chi connectivity index (χ4v) is 2.40. The number of rotatable bonds is 4. The Morgan fingerprint density at radius 2 is 1.71 bits per heavy atom. The average Bonchev–Trinajstić information content (AvgIpc) is 2.48. The Kier molecular flexibility index (Phi) is 5.33. The van der Waals surface area contributed by atoms with Crippen molar-refractivity contribution in [2.75, 3.05) is 39.8 Å². The summed E-state index contributed by atoms with van der Waals surface area (Å²) < 4.78 is 0. The second-order valence-electron chi connectivity index (χ2n) is 5.54. The van der Waals surface area contributed by atoms with Gasteiger partial charge in [0.15, 0.2) is 0 Å². The summed E-state index contributed by atoms with van der Waals surface area (Å²) in [7, 11) is 2.05. The maximum atomic E-state index is 12.3. The number of hydrogen-bond acceptors (Lipinski definition) is 3. The molecule has 1 aromatic carbocycles. The monoisotopic (exact) mass is 289 g/mol. The van der Waals surface area contributed by atoms with Crippen LogP contribution >= 0.6 is 0 Å². The van der Waals surface area contributed by atoms with Gasteiger partial charge >= 0.3 is 0 Å². The number of piperazine rings is 1. The first-order valence-corrected chi connectivity index (χ1v) is 7.32. The number of carbonyl (C=O) groups excluding carboxylic acids is 2. The first-order valence-electron chi connectivity index (χ1n) is 7.32. The largest absolute Gasteiger partial charge is 0.339 e. The molecule has 5 heteroatoms. The van der Waals surface area contributed by atoms with Crippen molar-refractivity contribution >= 4 is 11.8 Å². The van der Waals surface area contributed by atoms with Crippen LogP contribution in [0.2, 0.25) is 0 Å². The van der Waals surface area contributed by atoms with Crippen LogP contribution in [0.4, 0.5) is 0 Å². The molecule has 0 aliphatic carbocycles. The zero-order valence-electron chi connectivity index (χ0n) is 12.8. The predicted octanol–water partition coefficient (Wildman–Crippen LogP) is 0.809. The maximum absolute atomic E-state index is 12.3. The number of likely N-dealkylation sites (N-methyl/N-ethyl adjacent to an activating group) is 1. The fourth-order valence-electron chi connectivity index (χ4n) is 2.40. The van der Waals surface area contributed by atoms with E-state index in [0.29, 0.717) is 6.54 Å². The Hall–Kier alpha value is -1.88. The molecule has 0 bridgehead atoms. The minimum atomic E-state index is -0.0682. The molecule has 114 valence electrons. The summed E-state index contributed by atoms with van der Waals surface area (Å²) in [4.78, 5) is 29.7. The van der Waals surface area contributed by atoms with E-state index < -0.39 is 0 Å². The zero-order chi connectivity index (χ0) is 15.2. The molecule has 1 heterocycles. The van der Waals surface area contributed by atoms with Gasteiger partial charge in [-0.2, -0.15) is 0 Å². The van der Waals surface area contributed by atoms with Gasteiger partial charge in [-0.3, -0.25) is 9.59 Å². The van der Waals surface area contributed by atoms with Gasteiger partial charge < -0.3 is 14.7 Å². The second-order valence-corrected chi connectivity index (χ2v) is 5.54. The highest BCUT2D eigenvalue weighted by molar-refractivity contribution is 5.83. The van der Waals surface area contributed by atoms with Crippen molar-refractivity contribution in [1.82, 2.24) is 14.7 Å². The molecule has 1 aliphatic rings. The lowest BCUT2D eigenvalue weighted by molar-refractivity contribution is -0.140. The maximum Gasteiger partial charge on any atom is 0.242 e. The molecule has 0 unspecified atom stereocenters. The number of carbonyl (C=O) groups is 2. The molecule has 0 spiro atoms. The average molecular weight is 289 g/mol. The molecule has 0 N–H and O–H groups in total. The Morgan fingerprint density at radius 3 is 2.29 bits per heavy atom. The van der Waals surface area contributed by atoms with Crippen molar-refractivity contribution in [2.24, 2.45) is 0 Å². The molecule has 1 aliphatic heterocycles. The summed E-state index contributed by atoms with van der Waals surface area (Å²) in [6.45, 7) is 5.43. The molecule has 5 nitrogen and oxygen atoms in total. The van der Waals surface area contributed by atoms with Crippen LogP contribution in [0.25, 0.3) is 0 Å². The lowest BCUT2D eigenvalue weighted by atomic mass is 10.2. The first kappa shape index (κ1) is 15.5. The van der Waals surface area contributed by atoms with Gasteiger partial charge in [0.25, 0.3) is 0 Å². The molecule has 1 aromatic rings. The van der Waals surface area contributed by atoms with Crippen LogP contribution in [-0.4, -0.2) is 66.3 Å². The summed E-state index contributed by atoms with van der Waals surface area (Å²) in [5, 5.41) is 0. The number of nitrogens with zero attached hydrogens (tertiary/aromatic N) is 3. The van der Waals surface area contributed by atoms with E-state index in [4.69, 9.17) is 0 Å². The van der Waals surface area contributed by atoms with Crippen molar-refractivity contribution in [1.29, 1.82) is 0 Å². The quantitative estimate of drug-likeness (QED) is 0.824. The minimum Gasteiger partial charge on any atom is -0.339 e. The highest BCUT2D eigenvalue weighted by Crippen LogP contribution is 2.07. The summed E-state index contributed by atoms with van der Waals surface area (Å²) >= 11 is 0. The summed E-state index contributed by atoms with van der Waals surface area (Å²) in [6, 6.07) is 9.76. The predicted molar refractivity (Wildman–Crippen MR) is 81.6 cm³/mol. The van der Waals surface area contributed by atoms with Crippen molar-refractivity contribution < 1.29 is 9.59 Å². The molecular formula is C16H23N3O2. The lowest BCUT2D eigenvalue weighted by Crippen LogP contribution is -2.50. The SMILES string of the molecule is CC(=O)N(CC(=O)N1CCN(C)CC1)Cc1ccccc1. The number of benzene rings is 1. The molecule has 1 saturated heterocycles. The van der Waals surface area contributed by atoms with Gasteiger partial charge in [0.2, 0.25) is 11.8 Å². The van der Waals surface area contributed by atoms with Crippen LogP contribution in [0.5, 0.6) is 0 Å². The fraction of sp³-hybridized carbons (Fsp3) is 0.500. The third-order valence-corrected chi connectivity index (χ3v) is 3.84. The van der Waals surface area contributed by atoms with Crippen LogP contribution in [0, 0.1) is 0 Å². The number of amides is 2. The second kappa shape index (κ2) is 7.22. The van der Waals surface area contributed by atoms with Gasteiger partial charge in [0.1, 0.15) is 6.54 Å². The van der Waals surface area contributed by atoms with E-state index in [2.05, 4.69) is 11.9 Å². The minimum absolute atomic E-state index is 0.0363. The van der Waals surface area contributed by atoms with E-state index in [9.17, 15) is 9.59 Å². The molecule has 1 fully saturated rings. The molecule has 21 heavy (non-hydrogen) atoms. The van der Waals surface area contributed by atoms with Gasteiger partial charge in [0, 0.05) is 39.6 Å². The van der Waals surface area contributed by atoms with E-state index in [1.807, 2.05) is 35.2 Å². The normalized spacial score (nSPS) is 15.8. The molecule has 0 aromatic heterocycles. The van der Waals surface area contributed by atoms with Crippen LogP contribution in [0.1, 0.15) is 12.5 Å². The van der Waals surface area contributed by atoms with Gasteiger partial charge in [-0.05, 0) is 12.6 Å². The molecule has 0 radical (unpaired) electrons. The van der Waals surface area contributed by atoms with E-state index in [1.54, 1.807) is 4.90 Å². The number of hydrogen-bond donors (Lipinski definition) is 0. The smallest absolute Gasteiger partial charge is 0.242 e. The molecule has 0 saturated carbocycles. The van der Waals surface area contributed by atoms with Crippen molar-refractivity contribution in [3.8, 4) is 0 Å². The zero-order valence-corrected chi connectivity index (χ0v) is 12.8. The van der Waals surface area contributed by atoms with Crippen LogP contribution in [-0.2, 0) is 16.1 Å². The Labute approximate surface area is 126 Å². The van der Waals surface area contributed by atoms with Crippen molar-refractivity contribution in [3.05, 3.63) is 35.9 Å². The topological polar surface area (TPSA) is 43.9 Å². The molecule has 0 atom stereocenters. The van der Waals surface area contributed by atoms with Gasteiger partial charge in [0.05, 0.1) is 0 Å². The molecule has 2 rings (SSSR count). The highest BCUT2D eigenvalue weighted by atomic mass is 16.2. The van der Waals surface area contributed by atoms with E-state index in [1.165, 1.54) is 6.92 Å². The van der Waals surface area contributed by atoms with Gasteiger partial charge in [-0.15, -0.1) is 0 Å². The third-order valence-electron chi connectivity index (χ3n) is 3.84. The van der Waals surface area contributed by atoms with E-state index in [-0.39, 0.29) is 18.4 Å². The first-order chi connectivity index (χ1) is 10.1. The van der Waals surface area contributed by atoms with Crippen LogP contribution in [0.3, 0.4) is 0 Å². The Bertz CT molecular complexity index is 482. The summed E-state index contributed by atoms with van der Waals surface area (Å²) in [5.41, 5.74) is 1.04. The molecular weight excluding hydrogens is 266 g/mol. The van der Waals surface area contributed by atoms with Crippen molar-refractivity contribution in [3.63, 3.8) is 0 Å². The third kappa shape index (κ3) is 4.56. The van der Waals surface area contributed by atoms with E-state index >= 15 is 0 Å². The summed E-state index contributed by atoms with van der Waals surface area (Å²) in [5.74, 6) is -0.0319. The highest BCUT2D eigenvalue weighted by Gasteiger charge is 2.22. The van der Waals surface area contributed by atoms with Crippen molar-refractivity contribution in [2.45, 2.75) is 13.5 Å². The van der Waals surface area contributed by atoms with E-state index in [0.717, 1.165) is 31.7 Å². The van der Waals surface area contributed by atoms with Gasteiger partial charge in [-0.1, -0.05) is 30.3 Å². The Balaban J connectivity index is 1.93. The van der Waals surface area contributed by atoms with Gasteiger partial charge in [-0.25, -0.2) is 0 Å². The van der Waals surface area contributed by atoms with Crippen LogP contribution in [0.15, 0.2) is 30.3 Å². The molecule has 2 amide bonds.